The van der Waals surface area contributed by atoms with E-state index in [1.807, 2.05) is 0 Å². The van der Waals surface area contributed by atoms with E-state index in [1.54, 1.807) is 0 Å². The van der Waals surface area contributed by atoms with Gasteiger partial charge in [-0.25, -0.2) is 0 Å². The third-order valence-corrected chi connectivity index (χ3v) is 7.67. The number of aliphatic hydroxyl groups excluding tert-OH is 6. The van der Waals surface area contributed by atoms with Crippen LogP contribution in [0.4, 0.5) is 0 Å². The van der Waals surface area contributed by atoms with Gasteiger partial charge in [-0.3, -0.25) is 14.4 Å². The predicted octanol–water partition coefficient (Wildman–Crippen LogP) is -1.34. The second-order valence-corrected chi connectivity index (χ2v) is 11.1. The third-order valence-electron chi connectivity index (χ3n) is 7.67. The molecular formula is C31H34O17. The summed E-state index contributed by atoms with van der Waals surface area (Å²) in [6.45, 7) is 1.13. The standard InChI is InChI=1S/C31H34O17/c1-12(33)42-11-22-29(43-13(2)34)26(39)28(41)31(48-22)45-16-7-17(35)23-18(36)9-19(46-20(23)8-16)14-3-5-15(6-4-14)44-30-27(40)25(38)24(37)21(10-32)47-30/h3-9,21-22,24-32,35,37-41H,10-11H2,1-2H3/t21-,22+,24-,25+,26-,27-,28-,29-,30-,31-/m1/s1. The topological polar surface area (TPSA) is 261 Å². The molecule has 3 heterocycles. The highest BCUT2D eigenvalue weighted by atomic mass is 16.7. The van der Waals surface area contributed by atoms with Crippen LogP contribution < -0.4 is 14.9 Å². The van der Waals surface area contributed by atoms with Gasteiger partial charge in [0.25, 0.3) is 0 Å². The number of phenolic OH excluding ortho intramolecular Hbond substituents is 1. The Balaban J connectivity index is 1.36. The van der Waals surface area contributed by atoms with E-state index in [-0.39, 0.29) is 28.2 Å². The van der Waals surface area contributed by atoms with Crippen LogP contribution in [0.2, 0.25) is 0 Å². The lowest BCUT2D eigenvalue weighted by molar-refractivity contribution is -0.282. The summed E-state index contributed by atoms with van der Waals surface area (Å²) in [5.41, 5.74) is -0.374. The van der Waals surface area contributed by atoms with Gasteiger partial charge in [-0.05, 0) is 24.3 Å². The Morgan fingerprint density at radius 2 is 1.40 bits per heavy atom. The number of benzene rings is 2. The van der Waals surface area contributed by atoms with Gasteiger partial charge in [0.05, 0.1) is 6.61 Å². The number of fused-ring (bicyclic) bond motifs is 1. The minimum absolute atomic E-state index is 0.0542. The van der Waals surface area contributed by atoms with Gasteiger partial charge in [0.2, 0.25) is 12.6 Å². The lowest BCUT2D eigenvalue weighted by Crippen LogP contribution is -2.61. The summed E-state index contributed by atoms with van der Waals surface area (Å²) in [5.74, 6) is -1.94. The number of esters is 2. The van der Waals surface area contributed by atoms with Crippen molar-refractivity contribution in [2.45, 2.75) is 75.3 Å². The first-order valence-corrected chi connectivity index (χ1v) is 14.6. The molecule has 17 nitrogen and oxygen atoms in total. The van der Waals surface area contributed by atoms with E-state index in [9.17, 15) is 50.1 Å². The Morgan fingerprint density at radius 1 is 0.771 bits per heavy atom. The molecular weight excluding hydrogens is 644 g/mol. The maximum Gasteiger partial charge on any atom is 0.303 e. The largest absolute Gasteiger partial charge is 0.507 e. The zero-order chi connectivity index (χ0) is 34.9. The fourth-order valence-corrected chi connectivity index (χ4v) is 5.26. The zero-order valence-corrected chi connectivity index (χ0v) is 25.4. The molecule has 7 N–H and O–H groups in total. The summed E-state index contributed by atoms with van der Waals surface area (Å²) in [6, 6.07) is 9.32. The molecule has 2 saturated heterocycles. The summed E-state index contributed by atoms with van der Waals surface area (Å²) in [5, 5.41) is 71.4. The molecule has 0 spiro atoms. The number of rotatable bonds is 9. The lowest BCUT2D eigenvalue weighted by Gasteiger charge is -2.41. The van der Waals surface area contributed by atoms with Gasteiger partial charge in [0.1, 0.15) is 83.3 Å². The summed E-state index contributed by atoms with van der Waals surface area (Å²) in [7, 11) is 0. The van der Waals surface area contributed by atoms with E-state index in [2.05, 4.69) is 0 Å². The first-order chi connectivity index (χ1) is 22.8. The molecule has 2 fully saturated rings. The molecule has 48 heavy (non-hydrogen) atoms. The van der Waals surface area contributed by atoms with Crippen LogP contribution in [0.5, 0.6) is 17.2 Å². The molecule has 260 valence electrons. The Bertz CT molecular complexity index is 1670. The van der Waals surface area contributed by atoms with Crippen LogP contribution >= 0.6 is 0 Å². The normalized spacial score (nSPS) is 30.4. The Morgan fingerprint density at radius 3 is 2.02 bits per heavy atom. The van der Waals surface area contributed by atoms with Crippen molar-refractivity contribution in [2.75, 3.05) is 13.2 Å². The number of aliphatic hydroxyl groups is 6. The second-order valence-electron chi connectivity index (χ2n) is 11.1. The van der Waals surface area contributed by atoms with E-state index < -0.39 is 97.7 Å². The predicted molar refractivity (Wildman–Crippen MR) is 157 cm³/mol. The van der Waals surface area contributed by atoms with Gasteiger partial charge in [0, 0.05) is 37.6 Å². The van der Waals surface area contributed by atoms with Crippen molar-refractivity contribution in [1.82, 2.24) is 0 Å². The van der Waals surface area contributed by atoms with E-state index in [0.717, 1.165) is 26.0 Å². The number of carbonyl (C=O) groups excluding carboxylic acids is 2. The van der Waals surface area contributed by atoms with Crippen LogP contribution in [-0.2, 0) is 28.5 Å². The quantitative estimate of drug-likeness (QED) is 0.129. The number of aromatic hydroxyl groups is 1. The van der Waals surface area contributed by atoms with Crippen molar-refractivity contribution in [2.24, 2.45) is 0 Å². The van der Waals surface area contributed by atoms with Gasteiger partial charge < -0.3 is 68.6 Å². The summed E-state index contributed by atoms with van der Waals surface area (Å²) >= 11 is 0. The minimum atomic E-state index is -1.78. The third kappa shape index (κ3) is 7.38. The molecule has 0 aliphatic carbocycles. The Labute approximate surface area is 271 Å². The van der Waals surface area contributed by atoms with Crippen molar-refractivity contribution in [1.29, 1.82) is 0 Å². The van der Waals surface area contributed by atoms with Crippen LogP contribution in [0.15, 0.2) is 51.7 Å². The first kappa shape index (κ1) is 35.0. The molecule has 3 aromatic rings. The fraction of sp³-hybridized carbons (Fsp3) is 0.452. The SMILES string of the molecule is CC(=O)OC[C@@H]1O[C@@H](Oc2cc(O)c3c(=O)cc(-c4ccc(O[C@@H]5O[C@H](CO)[C@@H](O)[C@H](O)[C@H]5O)cc4)oc3c2)[C@H](O)[C@@H](O)[C@@H]1OC(C)=O. The van der Waals surface area contributed by atoms with Crippen molar-refractivity contribution in [3.05, 3.63) is 52.7 Å². The van der Waals surface area contributed by atoms with Crippen molar-refractivity contribution in [3.63, 3.8) is 0 Å². The minimum Gasteiger partial charge on any atom is -0.507 e. The molecule has 0 bridgehead atoms. The van der Waals surface area contributed by atoms with E-state index in [0.29, 0.717) is 5.56 Å². The second kappa shape index (κ2) is 14.4. The number of hydrogen-bond donors (Lipinski definition) is 7. The van der Waals surface area contributed by atoms with Gasteiger partial charge in [-0.2, -0.15) is 0 Å². The molecule has 10 atom stereocenters. The van der Waals surface area contributed by atoms with Crippen molar-refractivity contribution < 1.29 is 78.2 Å². The van der Waals surface area contributed by atoms with E-state index >= 15 is 0 Å². The highest BCUT2D eigenvalue weighted by Crippen LogP contribution is 2.34. The van der Waals surface area contributed by atoms with Crippen molar-refractivity contribution in [3.8, 4) is 28.6 Å². The maximum absolute atomic E-state index is 13.0. The monoisotopic (exact) mass is 678 g/mol. The van der Waals surface area contributed by atoms with Crippen LogP contribution in [-0.4, -0.2) is 122 Å². The van der Waals surface area contributed by atoms with Gasteiger partial charge >= 0.3 is 11.9 Å². The molecule has 2 aliphatic rings. The fourth-order valence-electron chi connectivity index (χ4n) is 5.26. The number of ether oxygens (including phenoxy) is 6. The molecule has 0 unspecified atom stereocenters. The average molecular weight is 679 g/mol. The molecule has 0 amide bonds. The van der Waals surface area contributed by atoms with Crippen molar-refractivity contribution >= 4 is 22.9 Å². The molecule has 0 radical (unpaired) electrons. The number of phenols is 1. The molecule has 5 rings (SSSR count). The maximum atomic E-state index is 13.0. The van der Waals surface area contributed by atoms with Crippen LogP contribution in [0.1, 0.15) is 13.8 Å². The van der Waals surface area contributed by atoms with Gasteiger partial charge in [-0.15, -0.1) is 0 Å². The molecule has 0 saturated carbocycles. The van der Waals surface area contributed by atoms with Gasteiger partial charge in [0.15, 0.2) is 11.5 Å². The Kier molecular flexibility index (Phi) is 10.5. The summed E-state index contributed by atoms with van der Waals surface area (Å²) in [4.78, 5) is 35.9. The average Bonchev–Trinajstić information content (AvgIpc) is 3.03. The smallest absolute Gasteiger partial charge is 0.303 e. The highest BCUT2D eigenvalue weighted by Gasteiger charge is 2.48. The van der Waals surface area contributed by atoms with Crippen LogP contribution in [0, 0.1) is 0 Å². The molecule has 17 heteroatoms. The van der Waals surface area contributed by atoms with Gasteiger partial charge in [-0.1, -0.05) is 0 Å². The zero-order valence-electron chi connectivity index (χ0n) is 25.4. The Hall–Kier alpha value is -4.33. The first-order valence-electron chi connectivity index (χ1n) is 14.6. The summed E-state index contributed by atoms with van der Waals surface area (Å²) < 4.78 is 38.2. The number of hydrogen-bond acceptors (Lipinski definition) is 17. The number of carbonyl (C=O) groups is 2. The van der Waals surface area contributed by atoms with Crippen LogP contribution in [0.25, 0.3) is 22.3 Å². The summed E-state index contributed by atoms with van der Waals surface area (Å²) in [6.07, 6.45) is -15.1. The lowest BCUT2D eigenvalue weighted by atomic mass is 9.99. The molecule has 1 aromatic heterocycles. The molecule has 2 aromatic carbocycles. The van der Waals surface area contributed by atoms with E-state index in [4.69, 9.17) is 32.8 Å². The molecule has 2 aliphatic heterocycles. The van der Waals surface area contributed by atoms with E-state index in [1.165, 1.54) is 30.3 Å². The highest BCUT2D eigenvalue weighted by molar-refractivity contribution is 5.86. The van der Waals surface area contributed by atoms with Crippen LogP contribution in [0.3, 0.4) is 0 Å².